The van der Waals surface area contributed by atoms with Crippen molar-refractivity contribution in [2.75, 3.05) is 43.4 Å². The molecule has 0 aliphatic carbocycles. The van der Waals surface area contributed by atoms with E-state index in [2.05, 4.69) is 48.8 Å². The molecule has 0 aliphatic heterocycles. The van der Waals surface area contributed by atoms with Gasteiger partial charge in [0.15, 0.2) is 0 Å². The average Bonchev–Trinajstić information content (AvgIpc) is 2.50. The summed E-state index contributed by atoms with van der Waals surface area (Å²) in [5, 5.41) is 8.86. The molecule has 0 radical (unpaired) electrons. The van der Waals surface area contributed by atoms with Gasteiger partial charge in [0.05, 0.1) is 12.5 Å². The lowest BCUT2D eigenvalue weighted by Gasteiger charge is -2.26. The van der Waals surface area contributed by atoms with E-state index >= 15 is 0 Å². The Balaban J connectivity index is 2.67. The molecule has 4 heteroatoms. The first-order valence-electron chi connectivity index (χ1n) is 7.88. The van der Waals surface area contributed by atoms with Crippen molar-refractivity contribution in [3.05, 3.63) is 23.8 Å². The van der Waals surface area contributed by atoms with Crippen LogP contribution in [0.4, 0.5) is 11.4 Å². The molecule has 0 spiro atoms. The molecule has 0 aromatic heterocycles. The Hall–Kier alpha value is -1.73. The summed E-state index contributed by atoms with van der Waals surface area (Å²) < 4.78 is 0. The number of hydrogen-bond donors (Lipinski definition) is 1. The molecule has 0 aliphatic rings. The second-order valence-corrected chi connectivity index (χ2v) is 5.18. The number of nitrogens with two attached hydrogens (primary N) is 1. The van der Waals surface area contributed by atoms with Crippen LogP contribution in [0, 0.1) is 11.3 Å². The summed E-state index contributed by atoms with van der Waals surface area (Å²) in [6.07, 6.45) is 1.52. The smallest absolute Gasteiger partial charge is 0.0670 e. The van der Waals surface area contributed by atoms with Crippen molar-refractivity contribution in [1.82, 2.24) is 4.90 Å². The maximum atomic E-state index is 8.86. The zero-order valence-corrected chi connectivity index (χ0v) is 13.6. The molecule has 0 unspecified atom stereocenters. The summed E-state index contributed by atoms with van der Waals surface area (Å²) in [6.45, 7) is 11.9. The first kappa shape index (κ1) is 17.3. The van der Waals surface area contributed by atoms with Gasteiger partial charge in [0.25, 0.3) is 0 Å². The lowest BCUT2D eigenvalue weighted by atomic mass is 10.1. The summed E-state index contributed by atoms with van der Waals surface area (Å²) >= 11 is 0. The van der Waals surface area contributed by atoms with Gasteiger partial charge in [-0.3, -0.25) is 0 Å². The van der Waals surface area contributed by atoms with Gasteiger partial charge in [-0.1, -0.05) is 13.8 Å². The number of rotatable bonds is 9. The lowest BCUT2D eigenvalue weighted by molar-refractivity contribution is 0.301. The molecule has 21 heavy (non-hydrogen) atoms. The highest BCUT2D eigenvalue weighted by Gasteiger charge is 2.08. The molecule has 1 rings (SSSR count). The first-order valence-corrected chi connectivity index (χ1v) is 7.88. The van der Waals surface area contributed by atoms with E-state index in [-0.39, 0.29) is 0 Å². The van der Waals surface area contributed by atoms with Crippen molar-refractivity contribution in [1.29, 1.82) is 5.26 Å². The van der Waals surface area contributed by atoms with Crippen LogP contribution in [0.15, 0.2) is 18.2 Å². The topological polar surface area (TPSA) is 56.3 Å². The molecule has 0 saturated heterocycles. The van der Waals surface area contributed by atoms with Crippen molar-refractivity contribution in [3.8, 4) is 6.07 Å². The molecule has 2 N–H and O–H groups in total. The van der Waals surface area contributed by atoms with Gasteiger partial charge >= 0.3 is 0 Å². The Bertz CT molecular complexity index is 460. The molecule has 4 nitrogen and oxygen atoms in total. The minimum Gasteiger partial charge on any atom is -0.398 e. The highest BCUT2D eigenvalue weighted by Crippen LogP contribution is 2.22. The normalized spacial score (nSPS) is 10.6. The van der Waals surface area contributed by atoms with Crippen molar-refractivity contribution >= 4 is 11.4 Å². The Morgan fingerprint density at radius 3 is 2.38 bits per heavy atom. The van der Waals surface area contributed by atoms with E-state index < -0.39 is 0 Å². The van der Waals surface area contributed by atoms with Crippen LogP contribution in [-0.4, -0.2) is 37.6 Å². The number of hydrogen-bond acceptors (Lipinski definition) is 4. The van der Waals surface area contributed by atoms with Crippen LogP contribution in [0.3, 0.4) is 0 Å². The summed E-state index contributed by atoms with van der Waals surface area (Å²) in [5.41, 5.74) is 8.72. The fourth-order valence-electron chi connectivity index (χ4n) is 2.52. The summed E-state index contributed by atoms with van der Waals surface area (Å²) in [5.74, 6) is 0. The van der Waals surface area contributed by atoms with Gasteiger partial charge in [-0.2, -0.15) is 5.26 Å². The van der Waals surface area contributed by atoms with Crippen LogP contribution in [0.2, 0.25) is 0 Å². The third-order valence-corrected chi connectivity index (χ3v) is 3.94. The Morgan fingerprint density at radius 2 is 1.81 bits per heavy atom. The second-order valence-electron chi connectivity index (χ2n) is 5.18. The summed E-state index contributed by atoms with van der Waals surface area (Å²) in [6, 6.07) is 8.20. The predicted molar refractivity (Wildman–Crippen MR) is 90.5 cm³/mol. The maximum absolute atomic E-state index is 8.86. The molecule has 1 aromatic rings. The average molecular weight is 288 g/mol. The zero-order chi connectivity index (χ0) is 15.7. The zero-order valence-electron chi connectivity index (χ0n) is 13.6. The number of anilines is 2. The lowest BCUT2D eigenvalue weighted by Crippen LogP contribution is -2.30. The van der Waals surface area contributed by atoms with Crippen LogP contribution in [0.1, 0.15) is 32.8 Å². The highest BCUT2D eigenvalue weighted by molar-refractivity contribution is 5.59. The molecule has 116 valence electrons. The fourth-order valence-corrected chi connectivity index (χ4v) is 2.52. The van der Waals surface area contributed by atoms with E-state index in [9.17, 15) is 0 Å². The molecule has 0 saturated carbocycles. The van der Waals surface area contributed by atoms with Crippen molar-refractivity contribution < 1.29 is 0 Å². The van der Waals surface area contributed by atoms with E-state index in [1.165, 1.54) is 0 Å². The Morgan fingerprint density at radius 1 is 1.10 bits per heavy atom. The molecule has 0 fully saturated rings. The van der Waals surface area contributed by atoms with E-state index in [1.54, 1.807) is 0 Å². The fraction of sp³-hybridized carbons (Fsp3) is 0.588. The van der Waals surface area contributed by atoms with Gasteiger partial charge in [-0.05, 0) is 56.7 Å². The molecule has 1 aromatic carbocycles. The van der Waals surface area contributed by atoms with Gasteiger partial charge in [-0.15, -0.1) is 0 Å². The monoisotopic (exact) mass is 288 g/mol. The summed E-state index contributed by atoms with van der Waals surface area (Å²) in [7, 11) is 0. The molecular weight excluding hydrogens is 260 g/mol. The maximum Gasteiger partial charge on any atom is 0.0670 e. The number of benzene rings is 1. The van der Waals surface area contributed by atoms with Crippen molar-refractivity contribution in [3.63, 3.8) is 0 Å². The highest BCUT2D eigenvalue weighted by atomic mass is 15.1. The van der Waals surface area contributed by atoms with Crippen LogP contribution in [-0.2, 0) is 6.42 Å². The predicted octanol–water partition coefficient (Wildman–Crippen LogP) is 2.89. The number of nitriles is 1. The van der Waals surface area contributed by atoms with E-state index in [0.717, 1.165) is 50.4 Å². The first-order chi connectivity index (χ1) is 10.2. The van der Waals surface area contributed by atoms with Gasteiger partial charge in [0, 0.05) is 24.5 Å². The van der Waals surface area contributed by atoms with E-state index in [1.807, 2.05) is 6.07 Å². The molecule has 0 amide bonds. The van der Waals surface area contributed by atoms with Crippen molar-refractivity contribution in [2.45, 2.75) is 33.6 Å². The van der Waals surface area contributed by atoms with Crippen LogP contribution in [0.5, 0.6) is 0 Å². The largest absolute Gasteiger partial charge is 0.398 e. The minimum absolute atomic E-state index is 0.372. The van der Waals surface area contributed by atoms with Gasteiger partial charge in [0.2, 0.25) is 0 Å². The molecule has 0 heterocycles. The van der Waals surface area contributed by atoms with E-state index in [0.29, 0.717) is 12.1 Å². The van der Waals surface area contributed by atoms with Crippen LogP contribution >= 0.6 is 0 Å². The van der Waals surface area contributed by atoms with Gasteiger partial charge in [-0.25, -0.2) is 0 Å². The van der Waals surface area contributed by atoms with Crippen LogP contribution in [0.25, 0.3) is 0 Å². The van der Waals surface area contributed by atoms with Crippen LogP contribution < -0.4 is 10.6 Å². The number of nitrogen functional groups attached to an aromatic ring is 1. The minimum atomic E-state index is 0.372. The number of nitrogens with zero attached hydrogens (tertiary/aromatic N) is 3. The Kier molecular flexibility index (Phi) is 7.63. The molecular formula is C17H28N4. The molecule has 0 bridgehead atoms. The van der Waals surface area contributed by atoms with Gasteiger partial charge in [0.1, 0.15) is 0 Å². The standard InChI is InChI=1S/C17H28N4/c1-4-20(5-2)12-7-13-21(6-3)16-8-9-17(19)15(14-16)10-11-18/h8-9,14H,4-7,10,12-13,19H2,1-3H3. The Labute approximate surface area is 129 Å². The SMILES string of the molecule is CCN(CC)CCCN(CC)c1ccc(N)c(CC#N)c1. The van der Waals surface area contributed by atoms with Crippen molar-refractivity contribution in [2.24, 2.45) is 0 Å². The third kappa shape index (κ3) is 5.28. The second kappa shape index (κ2) is 9.25. The van der Waals surface area contributed by atoms with Gasteiger partial charge < -0.3 is 15.5 Å². The third-order valence-electron chi connectivity index (χ3n) is 3.94. The quantitative estimate of drug-likeness (QED) is 0.710. The molecule has 0 atom stereocenters. The van der Waals surface area contributed by atoms with E-state index in [4.69, 9.17) is 11.0 Å². The summed E-state index contributed by atoms with van der Waals surface area (Å²) in [4.78, 5) is 4.79.